The molecule has 1 unspecified atom stereocenters. The zero-order valence-corrected chi connectivity index (χ0v) is 12.4. The van der Waals surface area contributed by atoms with Crippen LogP contribution in [0.4, 0.5) is 4.79 Å². The van der Waals surface area contributed by atoms with Crippen LogP contribution in [0.25, 0.3) is 0 Å². The minimum Gasteiger partial charge on any atom is -0.444 e. The van der Waals surface area contributed by atoms with Crippen molar-refractivity contribution < 1.29 is 14.6 Å². The molecule has 0 fully saturated rings. The number of nitrogens with one attached hydrogen (secondary N) is 1. The summed E-state index contributed by atoms with van der Waals surface area (Å²) in [6, 6.07) is 7.87. The van der Waals surface area contributed by atoms with Crippen molar-refractivity contribution in [2.45, 2.75) is 51.2 Å². The van der Waals surface area contributed by atoms with Crippen molar-refractivity contribution in [3.8, 4) is 0 Å². The summed E-state index contributed by atoms with van der Waals surface area (Å²) in [4.78, 5) is 11.7. The topological polar surface area (TPSA) is 58.6 Å². The van der Waals surface area contributed by atoms with Crippen molar-refractivity contribution in [1.29, 1.82) is 0 Å². The van der Waals surface area contributed by atoms with Gasteiger partial charge >= 0.3 is 6.09 Å². The fraction of sp³-hybridized carbons (Fsp3) is 0.562. The Morgan fingerprint density at radius 3 is 2.80 bits per heavy atom. The van der Waals surface area contributed by atoms with Crippen LogP contribution < -0.4 is 5.32 Å². The fourth-order valence-electron chi connectivity index (χ4n) is 2.61. The first kappa shape index (κ1) is 14.9. The molecule has 1 aromatic carbocycles. The molecule has 0 heterocycles. The number of hydrogen-bond donors (Lipinski definition) is 2. The maximum absolute atomic E-state index is 11.7. The van der Waals surface area contributed by atoms with Crippen LogP contribution in [0, 0.1) is 0 Å². The number of amides is 1. The maximum atomic E-state index is 11.7. The second kappa shape index (κ2) is 5.44. The third kappa shape index (κ3) is 3.51. The lowest BCUT2D eigenvalue weighted by molar-refractivity contribution is 0.00956. The summed E-state index contributed by atoms with van der Waals surface area (Å²) >= 11 is 0. The molecular formula is C16H23NO3. The molecule has 1 atom stereocenters. The highest BCUT2D eigenvalue weighted by atomic mass is 16.6. The molecule has 1 amide bonds. The van der Waals surface area contributed by atoms with Crippen molar-refractivity contribution in [3.63, 3.8) is 0 Å². The molecule has 0 spiro atoms. The zero-order chi connectivity index (χ0) is 14.8. The smallest absolute Gasteiger partial charge is 0.407 e. The second-order valence-corrected chi connectivity index (χ2v) is 6.40. The van der Waals surface area contributed by atoms with E-state index in [9.17, 15) is 9.90 Å². The molecule has 1 aliphatic carbocycles. The number of aliphatic hydroxyl groups is 1. The first-order valence-electron chi connectivity index (χ1n) is 7.08. The minimum absolute atomic E-state index is 0.179. The van der Waals surface area contributed by atoms with Crippen molar-refractivity contribution in [3.05, 3.63) is 35.4 Å². The Balaban J connectivity index is 2.04. The molecular weight excluding hydrogens is 254 g/mol. The van der Waals surface area contributed by atoms with Crippen LogP contribution in [0.5, 0.6) is 0 Å². The van der Waals surface area contributed by atoms with E-state index in [1.54, 1.807) is 0 Å². The molecule has 0 radical (unpaired) electrons. The van der Waals surface area contributed by atoms with E-state index in [0.717, 1.165) is 24.0 Å². The van der Waals surface area contributed by atoms with Crippen LogP contribution in [0.1, 0.15) is 44.7 Å². The zero-order valence-electron chi connectivity index (χ0n) is 12.4. The highest BCUT2D eigenvalue weighted by molar-refractivity contribution is 5.67. The first-order chi connectivity index (χ1) is 9.30. The fourth-order valence-corrected chi connectivity index (χ4v) is 2.61. The Labute approximate surface area is 120 Å². The third-order valence-electron chi connectivity index (χ3n) is 3.48. The lowest BCUT2D eigenvalue weighted by atomic mass is 9.79. The number of hydrogen-bond acceptors (Lipinski definition) is 3. The lowest BCUT2D eigenvalue weighted by Gasteiger charge is -2.34. The number of carbonyl (C=O) groups excluding carboxylic acids is 1. The number of alkyl carbamates (subject to hydrolysis) is 1. The van der Waals surface area contributed by atoms with E-state index in [2.05, 4.69) is 5.32 Å². The lowest BCUT2D eigenvalue weighted by Crippen LogP contribution is -2.44. The number of carbonyl (C=O) groups is 1. The highest BCUT2D eigenvalue weighted by Crippen LogP contribution is 2.34. The largest absolute Gasteiger partial charge is 0.444 e. The summed E-state index contributed by atoms with van der Waals surface area (Å²) in [7, 11) is 0. The molecule has 2 N–H and O–H groups in total. The summed E-state index contributed by atoms with van der Waals surface area (Å²) in [5.41, 5.74) is 0.553. The maximum Gasteiger partial charge on any atom is 0.407 e. The molecule has 2 rings (SSSR count). The van der Waals surface area contributed by atoms with E-state index >= 15 is 0 Å². The van der Waals surface area contributed by atoms with Gasteiger partial charge in [0.15, 0.2) is 0 Å². The molecule has 0 aromatic heterocycles. The monoisotopic (exact) mass is 277 g/mol. The van der Waals surface area contributed by atoms with Gasteiger partial charge in [0.2, 0.25) is 0 Å². The van der Waals surface area contributed by atoms with Gasteiger partial charge in [0, 0.05) is 0 Å². The van der Waals surface area contributed by atoms with E-state index in [-0.39, 0.29) is 6.54 Å². The van der Waals surface area contributed by atoms with Crippen LogP contribution in [0.2, 0.25) is 0 Å². The van der Waals surface area contributed by atoms with Gasteiger partial charge < -0.3 is 15.2 Å². The van der Waals surface area contributed by atoms with Gasteiger partial charge in [-0.05, 0) is 51.2 Å². The van der Waals surface area contributed by atoms with E-state index < -0.39 is 17.3 Å². The standard InChI is InChI=1S/C16H23NO3/c1-15(2,3)20-14(18)17-11-16(19)10-6-8-12-7-4-5-9-13(12)16/h4-5,7,9,19H,6,8,10-11H2,1-3H3,(H,17,18). The highest BCUT2D eigenvalue weighted by Gasteiger charge is 2.34. The number of fused-ring (bicyclic) bond motifs is 1. The predicted molar refractivity (Wildman–Crippen MR) is 77.5 cm³/mol. The molecule has 0 bridgehead atoms. The summed E-state index contributed by atoms with van der Waals surface area (Å²) < 4.78 is 5.20. The van der Waals surface area contributed by atoms with E-state index in [4.69, 9.17) is 4.74 Å². The van der Waals surface area contributed by atoms with Gasteiger partial charge in [-0.2, -0.15) is 0 Å². The average Bonchev–Trinajstić information content (AvgIpc) is 2.35. The van der Waals surface area contributed by atoms with Crippen molar-refractivity contribution >= 4 is 6.09 Å². The Hall–Kier alpha value is -1.55. The quantitative estimate of drug-likeness (QED) is 0.874. The SMILES string of the molecule is CC(C)(C)OC(=O)NCC1(O)CCCc2ccccc21. The Morgan fingerprint density at radius 1 is 1.40 bits per heavy atom. The molecule has 4 heteroatoms. The molecule has 0 aliphatic heterocycles. The van der Waals surface area contributed by atoms with Gasteiger partial charge in [-0.1, -0.05) is 24.3 Å². The predicted octanol–water partition coefficient (Wildman–Crippen LogP) is 2.74. The molecule has 1 aliphatic rings. The second-order valence-electron chi connectivity index (χ2n) is 6.40. The van der Waals surface area contributed by atoms with Gasteiger partial charge in [0.25, 0.3) is 0 Å². The average molecular weight is 277 g/mol. The molecule has 110 valence electrons. The van der Waals surface area contributed by atoms with E-state index in [1.165, 1.54) is 0 Å². The van der Waals surface area contributed by atoms with Crippen LogP contribution in [0.15, 0.2) is 24.3 Å². The number of aryl methyl sites for hydroxylation is 1. The summed E-state index contributed by atoms with van der Waals surface area (Å²) in [6.07, 6.45) is 2.06. The van der Waals surface area contributed by atoms with Crippen molar-refractivity contribution in [2.24, 2.45) is 0 Å². The number of rotatable bonds is 2. The van der Waals surface area contributed by atoms with Crippen LogP contribution >= 0.6 is 0 Å². The minimum atomic E-state index is -0.994. The Bertz CT molecular complexity index is 493. The van der Waals surface area contributed by atoms with Crippen LogP contribution in [-0.4, -0.2) is 23.3 Å². The molecule has 1 aromatic rings. The molecule has 4 nitrogen and oxygen atoms in total. The van der Waals surface area contributed by atoms with Crippen molar-refractivity contribution in [1.82, 2.24) is 5.32 Å². The molecule has 20 heavy (non-hydrogen) atoms. The summed E-state index contributed by atoms with van der Waals surface area (Å²) in [6.45, 7) is 5.63. The van der Waals surface area contributed by atoms with Gasteiger partial charge in [-0.25, -0.2) is 4.79 Å². The van der Waals surface area contributed by atoms with Gasteiger partial charge in [-0.3, -0.25) is 0 Å². The van der Waals surface area contributed by atoms with E-state index in [0.29, 0.717) is 6.42 Å². The first-order valence-corrected chi connectivity index (χ1v) is 7.08. The Morgan fingerprint density at radius 2 is 2.10 bits per heavy atom. The Kier molecular flexibility index (Phi) is 4.04. The number of benzene rings is 1. The van der Waals surface area contributed by atoms with Gasteiger partial charge in [0.05, 0.1) is 6.54 Å². The normalized spacial score (nSPS) is 22.0. The summed E-state index contributed by atoms with van der Waals surface area (Å²) in [5, 5.41) is 13.5. The molecule has 0 saturated heterocycles. The van der Waals surface area contributed by atoms with Gasteiger partial charge in [0.1, 0.15) is 11.2 Å². The van der Waals surface area contributed by atoms with Crippen molar-refractivity contribution in [2.75, 3.05) is 6.54 Å². The van der Waals surface area contributed by atoms with Crippen LogP contribution in [0.3, 0.4) is 0 Å². The van der Waals surface area contributed by atoms with Crippen LogP contribution in [-0.2, 0) is 16.8 Å². The van der Waals surface area contributed by atoms with E-state index in [1.807, 2.05) is 45.0 Å². The third-order valence-corrected chi connectivity index (χ3v) is 3.48. The summed E-state index contributed by atoms with van der Waals surface area (Å²) in [5.74, 6) is 0. The number of ether oxygens (including phenoxy) is 1. The van der Waals surface area contributed by atoms with Gasteiger partial charge in [-0.15, -0.1) is 0 Å². The molecule has 0 saturated carbocycles.